The van der Waals surface area contributed by atoms with Crippen molar-refractivity contribution in [1.82, 2.24) is 14.9 Å². The quantitative estimate of drug-likeness (QED) is 0.744. The van der Waals surface area contributed by atoms with Crippen molar-refractivity contribution in [3.63, 3.8) is 0 Å². The van der Waals surface area contributed by atoms with Gasteiger partial charge in [-0.25, -0.2) is 14.2 Å². The number of halogens is 1. The largest absolute Gasteiger partial charge is 0.395 e. The molecule has 116 valence electrons. The molecule has 0 saturated carbocycles. The molecule has 0 bridgehead atoms. The summed E-state index contributed by atoms with van der Waals surface area (Å²) in [7, 11) is 0. The molecule has 1 aromatic rings. The zero-order chi connectivity index (χ0) is 16.1. The van der Waals surface area contributed by atoms with E-state index in [2.05, 4.69) is 19.2 Å². The molecular formula is C12H22FN3O4. The van der Waals surface area contributed by atoms with Crippen LogP contribution < -0.4 is 16.6 Å². The van der Waals surface area contributed by atoms with Crippen LogP contribution in [0.15, 0.2) is 15.8 Å². The van der Waals surface area contributed by atoms with E-state index in [0.717, 1.165) is 0 Å². The molecule has 0 atom stereocenters. The molecular weight excluding hydrogens is 269 g/mol. The van der Waals surface area contributed by atoms with E-state index < -0.39 is 23.1 Å². The van der Waals surface area contributed by atoms with Crippen molar-refractivity contribution in [3.8, 4) is 0 Å². The Labute approximate surface area is 116 Å². The number of nitrogens with one attached hydrogen (secondary N) is 2. The molecule has 0 aromatic carbocycles. The number of aromatic amines is 1. The van der Waals surface area contributed by atoms with Crippen LogP contribution in [0.4, 0.5) is 9.18 Å². The van der Waals surface area contributed by atoms with Crippen molar-refractivity contribution in [3.05, 3.63) is 32.9 Å². The highest BCUT2D eigenvalue weighted by Gasteiger charge is 2.09. The number of hydrogen-bond donors (Lipinski definition) is 3. The van der Waals surface area contributed by atoms with Crippen LogP contribution in [-0.4, -0.2) is 33.8 Å². The maximum atomic E-state index is 12.7. The predicted octanol–water partition coefficient (Wildman–Crippen LogP) is 0.668. The van der Waals surface area contributed by atoms with E-state index in [-0.39, 0.29) is 13.2 Å². The molecule has 0 unspecified atom stereocenters. The summed E-state index contributed by atoms with van der Waals surface area (Å²) in [6, 6.07) is -0.927. The monoisotopic (exact) mass is 291 g/mol. The molecule has 0 aliphatic heterocycles. The number of aliphatic hydroxyl groups excluding tert-OH is 1. The summed E-state index contributed by atoms with van der Waals surface area (Å²) in [5.74, 6) is -1.24. The van der Waals surface area contributed by atoms with Crippen LogP contribution in [0.1, 0.15) is 34.1 Å². The number of aromatic nitrogens is 2. The first kappa shape index (κ1) is 20.4. The van der Waals surface area contributed by atoms with Crippen LogP contribution in [-0.2, 0) is 0 Å². The van der Waals surface area contributed by atoms with Gasteiger partial charge in [0.2, 0.25) is 5.82 Å². The smallest absolute Gasteiger partial charge is 0.336 e. The lowest BCUT2D eigenvalue weighted by Crippen LogP contribution is -2.41. The van der Waals surface area contributed by atoms with Gasteiger partial charge in [-0.3, -0.25) is 9.78 Å². The lowest BCUT2D eigenvalue weighted by molar-refractivity contribution is 0.234. The number of rotatable bonds is 2. The topological polar surface area (TPSA) is 104 Å². The minimum absolute atomic E-state index is 0.0774. The first-order valence-electron chi connectivity index (χ1n) is 6.38. The second-order valence-electron chi connectivity index (χ2n) is 3.27. The van der Waals surface area contributed by atoms with E-state index in [1.165, 1.54) is 6.42 Å². The number of carbonyl (C=O) groups excluding carboxylic acids is 1. The summed E-state index contributed by atoms with van der Waals surface area (Å²) in [4.78, 5) is 34.4. The summed E-state index contributed by atoms with van der Waals surface area (Å²) in [5.41, 5.74) is -2.23. The van der Waals surface area contributed by atoms with Gasteiger partial charge in [-0.15, -0.1) is 0 Å². The van der Waals surface area contributed by atoms with E-state index in [9.17, 15) is 18.8 Å². The molecule has 0 radical (unpaired) electrons. The van der Waals surface area contributed by atoms with E-state index in [1.54, 1.807) is 4.98 Å². The van der Waals surface area contributed by atoms with Gasteiger partial charge in [0.15, 0.2) is 0 Å². The molecule has 0 spiro atoms. The summed E-state index contributed by atoms with van der Waals surface area (Å²) in [5, 5.41) is 10.5. The number of nitrogens with zero attached hydrogens (tertiary/aromatic N) is 1. The SMILES string of the molecule is CC.CCC.O=C(NCCO)n1cc(F)c(=O)[nH]c1=O. The summed E-state index contributed by atoms with van der Waals surface area (Å²) in [6.07, 6.45) is 1.73. The maximum Gasteiger partial charge on any atom is 0.336 e. The molecule has 8 heteroatoms. The number of amides is 1. The Hall–Kier alpha value is -1.96. The standard InChI is InChI=1S/C7H8FN3O4.C3H8.C2H6/c8-4-3-11(6(14)9-1-2-12)7(15)10-5(4)13;1-3-2;1-2/h3,12H,1-2H2,(H,9,14)(H,10,13,15);3H2,1-2H3;1-2H3. The number of hydrogen-bond acceptors (Lipinski definition) is 4. The highest BCUT2D eigenvalue weighted by molar-refractivity contribution is 5.76. The van der Waals surface area contributed by atoms with Gasteiger partial charge in [0.05, 0.1) is 12.8 Å². The molecule has 1 amide bonds. The van der Waals surface area contributed by atoms with Crippen molar-refractivity contribution in [2.24, 2.45) is 0 Å². The average molecular weight is 291 g/mol. The van der Waals surface area contributed by atoms with Crippen LogP contribution in [0.5, 0.6) is 0 Å². The van der Waals surface area contributed by atoms with Gasteiger partial charge in [0.1, 0.15) is 0 Å². The minimum atomic E-state index is -1.24. The second-order valence-corrected chi connectivity index (χ2v) is 3.27. The zero-order valence-corrected chi connectivity index (χ0v) is 12.2. The van der Waals surface area contributed by atoms with E-state index in [4.69, 9.17) is 5.11 Å². The lowest BCUT2D eigenvalue weighted by Gasteiger charge is -2.04. The third-order valence-corrected chi connectivity index (χ3v) is 1.51. The number of H-pyrrole nitrogens is 1. The molecule has 0 aliphatic rings. The summed E-state index contributed by atoms with van der Waals surface area (Å²) < 4.78 is 13.1. The van der Waals surface area contributed by atoms with Crippen LogP contribution in [0.2, 0.25) is 0 Å². The van der Waals surface area contributed by atoms with Gasteiger partial charge < -0.3 is 10.4 Å². The van der Waals surface area contributed by atoms with Crippen LogP contribution >= 0.6 is 0 Å². The maximum absolute atomic E-state index is 12.7. The van der Waals surface area contributed by atoms with E-state index >= 15 is 0 Å². The Morgan fingerprint density at radius 2 is 1.90 bits per heavy atom. The van der Waals surface area contributed by atoms with Crippen molar-refractivity contribution < 1.29 is 14.3 Å². The normalized spacial score (nSPS) is 8.70. The Morgan fingerprint density at radius 3 is 2.35 bits per heavy atom. The molecule has 0 aliphatic carbocycles. The van der Waals surface area contributed by atoms with Crippen molar-refractivity contribution in [1.29, 1.82) is 0 Å². The summed E-state index contributed by atoms with van der Waals surface area (Å²) >= 11 is 0. The third-order valence-electron chi connectivity index (χ3n) is 1.51. The predicted molar refractivity (Wildman–Crippen MR) is 74.5 cm³/mol. The fourth-order valence-corrected chi connectivity index (χ4v) is 0.847. The van der Waals surface area contributed by atoms with Crippen LogP contribution in [0.25, 0.3) is 0 Å². The first-order valence-corrected chi connectivity index (χ1v) is 6.38. The first-order chi connectivity index (χ1) is 9.47. The average Bonchev–Trinajstić information content (AvgIpc) is 2.43. The fourth-order valence-electron chi connectivity index (χ4n) is 0.847. The Bertz CT molecular complexity index is 496. The third kappa shape index (κ3) is 7.47. The Kier molecular flexibility index (Phi) is 12.3. The van der Waals surface area contributed by atoms with Crippen molar-refractivity contribution in [2.45, 2.75) is 34.1 Å². The van der Waals surface area contributed by atoms with Gasteiger partial charge in [-0.05, 0) is 0 Å². The van der Waals surface area contributed by atoms with Gasteiger partial charge in [0, 0.05) is 6.54 Å². The molecule has 0 saturated heterocycles. The van der Waals surface area contributed by atoms with Crippen molar-refractivity contribution in [2.75, 3.05) is 13.2 Å². The number of aliphatic hydroxyl groups is 1. The van der Waals surface area contributed by atoms with Gasteiger partial charge in [0.25, 0.3) is 5.56 Å². The molecule has 1 aromatic heterocycles. The highest BCUT2D eigenvalue weighted by atomic mass is 19.1. The van der Waals surface area contributed by atoms with Gasteiger partial charge in [-0.2, -0.15) is 4.39 Å². The Morgan fingerprint density at radius 1 is 1.40 bits per heavy atom. The summed E-state index contributed by atoms with van der Waals surface area (Å²) in [6.45, 7) is 7.86. The zero-order valence-electron chi connectivity index (χ0n) is 12.2. The highest BCUT2D eigenvalue weighted by Crippen LogP contribution is 1.83. The molecule has 1 rings (SSSR count). The molecule has 1 heterocycles. The van der Waals surface area contributed by atoms with E-state index in [0.29, 0.717) is 10.8 Å². The van der Waals surface area contributed by atoms with Gasteiger partial charge >= 0.3 is 11.7 Å². The van der Waals surface area contributed by atoms with Crippen LogP contribution in [0.3, 0.4) is 0 Å². The molecule has 3 N–H and O–H groups in total. The van der Waals surface area contributed by atoms with E-state index in [1.807, 2.05) is 13.8 Å². The van der Waals surface area contributed by atoms with Crippen molar-refractivity contribution >= 4 is 6.03 Å². The lowest BCUT2D eigenvalue weighted by atomic mass is 10.6. The van der Waals surface area contributed by atoms with Gasteiger partial charge in [-0.1, -0.05) is 34.1 Å². The molecule has 20 heavy (non-hydrogen) atoms. The Balaban J connectivity index is 0. The number of carbonyl (C=O) groups is 1. The second kappa shape index (κ2) is 12.1. The van der Waals surface area contributed by atoms with Crippen LogP contribution in [0, 0.1) is 5.82 Å². The molecule has 0 fully saturated rings. The fraction of sp³-hybridized carbons (Fsp3) is 0.583. The minimum Gasteiger partial charge on any atom is -0.395 e. The molecule has 7 nitrogen and oxygen atoms in total.